The van der Waals surface area contributed by atoms with Gasteiger partial charge in [-0.3, -0.25) is 0 Å². The average molecular weight is 352 g/mol. The first kappa shape index (κ1) is 16.0. The van der Waals surface area contributed by atoms with Crippen molar-refractivity contribution in [2.45, 2.75) is 13.3 Å². The topological polar surface area (TPSA) is 58.0 Å². The fraction of sp³-hybridized carbons (Fsp3) is 0.333. The molecule has 1 saturated heterocycles. The molecule has 6 nitrogen and oxygen atoms in total. The quantitative estimate of drug-likeness (QED) is 0.719. The lowest BCUT2D eigenvalue weighted by Gasteiger charge is -2.35. The lowest BCUT2D eigenvalue weighted by Crippen LogP contribution is -2.46. The Morgan fingerprint density at radius 3 is 2.44 bits per heavy atom. The highest BCUT2D eigenvalue weighted by atomic mass is 32.1. The van der Waals surface area contributed by atoms with Crippen LogP contribution in [0.5, 0.6) is 0 Å². The number of benzene rings is 1. The highest BCUT2D eigenvalue weighted by molar-refractivity contribution is 7.09. The summed E-state index contributed by atoms with van der Waals surface area (Å²) >= 11 is 1.48. The minimum absolute atomic E-state index is 0.763. The molecule has 2 aromatic heterocycles. The molecule has 0 bridgehead atoms. The molecule has 3 heterocycles. The Balaban J connectivity index is 1.42. The van der Waals surface area contributed by atoms with Crippen LogP contribution in [0, 0.1) is 6.92 Å². The van der Waals surface area contributed by atoms with Crippen molar-refractivity contribution in [3.8, 4) is 0 Å². The molecule has 1 aliphatic heterocycles. The average Bonchev–Trinajstić information content (AvgIpc) is 3.09. The first-order chi connectivity index (χ1) is 12.3. The molecular formula is C18H20N6S. The summed E-state index contributed by atoms with van der Waals surface area (Å²) in [4.78, 5) is 18.3. The fourth-order valence-corrected chi connectivity index (χ4v) is 3.70. The summed E-state index contributed by atoms with van der Waals surface area (Å²) in [5, 5.41) is 1.02. The summed E-state index contributed by atoms with van der Waals surface area (Å²) in [6.45, 7) is 5.67. The van der Waals surface area contributed by atoms with E-state index in [0.29, 0.717) is 0 Å². The van der Waals surface area contributed by atoms with Gasteiger partial charge in [0.2, 0.25) is 5.13 Å². The Morgan fingerprint density at radius 2 is 1.72 bits per heavy atom. The smallest absolute Gasteiger partial charge is 0.205 e. The zero-order chi connectivity index (χ0) is 17.1. The van der Waals surface area contributed by atoms with Gasteiger partial charge in [0.05, 0.1) is 0 Å². The highest BCUT2D eigenvalue weighted by Crippen LogP contribution is 2.21. The fourth-order valence-electron chi connectivity index (χ4n) is 2.97. The molecule has 0 aliphatic carbocycles. The van der Waals surface area contributed by atoms with Crippen molar-refractivity contribution in [3.63, 3.8) is 0 Å². The van der Waals surface area contributed by atoms with E-state index in [9.17, 15) is 0 Å². The molecule has 0 amide bonds. The number of anilines is 2. The van der Waals surface area contributed by atoms with Crippen molar-refractivity contribution >= 4 is 22.5 Å². The van der Waals surface area contributed by atoms with Crippen molar-refractivity contribution in [3.05, 3.63) is 59.8 Å². The monoisotopic (exact) mass is 352 g/mol. The molecule has 0 unspecified atom stereocenters. The molecule has 7 heteroatoms. The first-order valence-electron chi connectivity index (χ1n) is 8.44. The van der Waals surface area contributed by atoms with Crippen molar-refractivity contribution < 1.29 is 0 Å². The van der Waals surface area contributed by atoms with E-state index in [0.717, 1.165) is 55.2 Å². The number of piperazine rings is 1. The van der Waals surface area contributed by atoms with Crippen LogP contribution >= 0.6 is 11.5 Å². The lowest BCUT2D eigenvalue weighted by molar-refractivity contribution is 0.643. The zero-order valence-electron chi connectivity index (χ0n) is 14.2. The van der Waals surface area contributed by atoms with Crippen LogP contribution < -0.4 is 9.80 Å². The van der Waals surface area contributed by atoms with E-state index in [2.05, 4.69) is 36.3 Å². The Hall–Kier alpha value is -2.54. The second-order valence-electron chi connectivity index (χ2n) is 6.09. The van der Waals surface area contributed by atoms with E-state index < -0.39 is 0 Å². The third-order valence-corrected chi connectivity index (χ3v) is 5.16. The number of aryl methyl sites for hydroxylation is 1. The van der Waals surface area contributed by atoms with Gasteiger partial charge in [0, 0.05) is 50.3 Å². The molecule has 0 N–H and O–H groups in total. The third kappa shape index (κ3) is 3.76. The summed E-state index contributed by atoms with van der Waals surface area (Å²) in [6, 6.07) is 12.3. The van der Waals surface area contributed by atoms with Gasteiger partial charge in [0.25, 0.3) is 0 Å². The molecule has 0 saturated carbocycles. The molecule has 0 spiro atoms. The van der Waals surface area contributed by atoms with Crippen molar-refractivity contribution in [1.29, 1.82) is 0 Å². The number of aromatic nitrogens is 4. The predicted octanol–water partition coefficient (Wildman–Crippen LogP) is 2.55. The normalized spacial score (nSPS) is 14.8. The van der Waals surface area contributed by atoms with Gasteiger partial charge in [-0.25, -0.2) is 15.0 Å². The molecule has 1 aromatic carbocycles. The van der Waals surface area contributed by atoms with Crippen LogP contribution in [0.4, 0.5) is 10.9 Å². The standard InChI is InChI=1S/C18H20N6S/c1-14-20-18(25-22-14)24-11-9-23(10-12-24)17-7-8-19-16(21-17)13-15-5-3-2-4-6-15/h2-8H,9-13H2,1H3. The predicted molar refractivity (Wildman–Crippen MR) is 100 cm³/mol. The van der Waals surface area contributed by atoms with E-state index in [-0.39, 0.29) is 0 Å². The summed E-state index contributed by atoms with van der Waals surface area (Å²) in [5.74, 6) is 2.73. The van der Waals surface area contributed by atoms with Gasteiger partial charge >= 0.3 is 0 Å². The largest absolute Gasteiger partial charge is 0.353 e. The van der Waals surface area contributed by atoms with Crippen LogP contribution in [0.2, 0.25) is 0 Å². The van der Waals surface area contributed by atoms with E-state index in [1.54, 1.807) is 0 Å². The molecule has 3 aromatic rings. The first-order valence-corrected chi connectivity index (χ1v) is 9.21. The second-order valence-corrected chi connectivity index (χ2v) is 6.82. The Morgan fingerprint density at radius 1 is 0.960 bits per heavy atom. The molecule has 0 atom stereocenters. The number of hydrogen-bond acceptors (Lipinski definition) is 7. The number of hydrogen-bond donors (Lipinski definition) is 0. The summed E-state index contributed by atoms with van der Waals surface area (Å²) < 4.78 is 4.28. The minimum atomic E-state index is 0.763. The summed E-state index contributed by atoms with van der Waals surface area (Å²) in [5.41, 5.74) is 1.23. The Labute approximate surface area is 151 Å². The maximum absolute atomic E-state index is 4.76. The molecule has 1 fully saturated rings. The van der Waals surface area contributed by atoms with Crippen LogP contribution in [-0.2, 0) is 6.42 Å². The minimum Gasteiger partial charge on any atom is -0.353 e. The third-order valence-electron chi connectivity index (χ3n) is 4.29. The van der Waals surface area contributed by atoms with Gasteiger partial charge in [0.15, 0.2) is 0 Å². The summed E-state index contributed by atoms with van der Waals surface area (Å²) in [6.07, 6.45) is 2.62. The Kier molecular flexibility index (Phi) is 4.56. The van der Waals surface area contributed by atoms with Gasteiger partial charge < -0.3 is 9.80 Å². The maximum Gasteiger partial charge on any atom is 0.205 e. The zero-order valence-corrected chi connectivity index (χ0v) is 15.0. The second kappa shape index (κ2) is 7.14. The van der Waals surface area contributed by atoms with Gasteiger partial charge in [-0.05, 0) is 18.6 Å². The molecular weight excluding hydrogens is 332 g/mol. The maximum atomic E-state index is 4.76. The Bertz CT molecular complexity index is 826. The van der Waals surface area contributed by atoms with E-state index >= 15 is 0 Å². The van der Waals surface area contributed by atoms with Gasteiger partial charge in [0.1, 0.15) is 17.5 Å². The van der Waals surface area contributed by atoms with Crippen molar-refractivity contribution in [2.75, 3.05) is 36.0 Å². The van der Waals surface area contributed by atoms with E-state index in [4.69, 9.17) is 4.98 Å². The lowest BCUT2D eigenvalue weighted by atomic mass is 10.1. The van der Waals surface area contributed by atoms with Crippen LogP contribution in [0.25, 0.3) is 0 Å². The molecule has 128 valence electrons. The van der Waals surface area contributed by atoms with Gasteiger partial charge in [-0.1, -0.05) is 30.3 Å². The molecule has 1 aliphatic rings. The van der Waals surface area contributed by atoms with E-state index in [1.807, 2.05) is 37.4 Å². The molecule has 25 heavy (non-hydrogen) atoms. The van der Waals surface area contributed by atoms with Crippen LogP contribution in [0.3, 0.4) is 0 Å². The highest BCUT2D eigenvalue weighted by Gasteiger charge is 2.20. The van der Waals surface area contributed by atoms with Crippen LogP contribution in [-0.4, -0.2) is 45.5 Å². The van der Waals surface area contributed by atoms with Gasteiger partial charge in [-0.15, -0.1) is 0 Å². The molecule has 4 rings (SSSR count). The number of nitrogens with zero attached hydrogens (tertiary/aromatic N) is 6. The summed E-state index contributed by atoms with van der Waals surface area (Å²) in [7, 11) is 0. The number of rotatable bonds is 4. The van der Waals surface area contributed by atoms with Crippen molar-refractivity contribution in [1.82, 2.24) is 19.3 Å². The van der Waals surface area contributed by atoms with Crippen molar-refractivity contribution in [2.24, 2.45) is 0 Å². The van der Waals surface area contributed by atoms with Gasteiger partial charge in [-0.2, -0.15) is 4.37 Å². The SMILES string of the molecule is Cc1nsc(N2CCN(c3ccnc(Cc4ccccc4)n3)CC2)n1. The van der Waals surface area contributed by atoms with E-state index in [1.165, 1.54) is 17.1 Å². The molecule has 0 radical (unpaired) electrons. The van der Waals surface area contributed by atoms with Crippen LogP contribution in [0.15, 0.2) is 42.6 Å². The van der Waals surface area contributed by atoms with Crippen LogP contribution in [0.1, 0.15) is 17.2 Å².